The van der Waals surface area contributed by atoms with Crippen LogP contribution in [-0.4, -0.2) is 51.0 Å². The standard InChI is InChI=1S/C19H30N6O3/c1-4-7-14-11-16(26)22-19(20-14)25-15(10-12(2)23-25)21-17(27)18(28)24-9-6-5-8-13(24)3/h10,13-14,19-20H,4-9,11H2,1-3H3,(H,21,27)(H,22,26). The lowest BCUT2D eigenvalue weighted by Gasteiger charge is -2.33. The van der Waals surface area contributed by atoms with Crippen LogP contribution in [0.2, 0.25) is 0 Å². The number of anilines is 1. The van der Waals surface area contributed by atoms with Gasteiger partial charge in [-0.3, -0.25) is 19.7 Å². The molecule has 0 radical (unpaired) electrons. The Bertz CT molecular complexity index is 746. The first-order chi connectivity index (χ1) is 13.4. The quantitative estimate of drug-likeness (QED) is 0.671. The van der Waals surface area contributed by atoms with E-state index in [1.165, 1.54) is 4.68 Å². The number of amides is 3. The van der Waals surface area contributed by atoms with E-state index in [-0.39, 0.29) is 18.0 Å². The van der Waals surface area contributed by atoms with E-state index in [1.807, 2.05) is 6.92 Å². The van der Waals surface area contributed by atoms with Crippen molar-refractivity contribution in [2.24, 2.45) is 0 Å². The highest BCUT2D eigenvalue weighted by Gasteiger charge is 2.31. The van der Waals surface area contributed by atoms with E-state index in [9.17, 15) is 14.4 Å². The molecule has 28 heavy (non-hydrogen) atoms. The Kier molecular flexibility index (Phi) is 6.33. The number of aromatic nitrogens is 2. The summed E-state index contributed by atoms with van der Waals surface area (Å²) >= 11 is 0. The second kappa shape index (κ2) is 8.72. The fourth-order valence-electron chi connectivity index (χ4n) is 3.93. The highest BCUT2D eigenvalue weighted by Crippen LogP contribution is 2.20. The molecule has 2 aliphatic rings. The van der Waals surface area contributed by atoms with Crippen molar-refractivity contribution in [1.29, 1.82) is 0 Å². The Labute approximate surface area is 165 Å². The zero-order chi connectivity index (χ0) is 20.3. The molecule has 3 unspecified atom stereocenters. The Morgan fingerprint density at radius 3 is 2.86 bits per heavy atom. The zero-order valence-corrected chi connectivity index (χ0v) is 16.8. The number of likely N-dealkylation sites (tertiary alicyclic amines) is 1. The lowest BCUT2D eigenvalue weighted by Crippen LogP contribution is -2.53. The van der Waals surface area contributed by atoms with Gasteiger partial charge in [0.25, 0.3) is 0 Å². The monoisotopic (exact) mass is 390 g/mol. The summed E-state index contributed by atoms with van der Waals surface area (Å²) in [5.41, 5.74) is 0.683. The Morgan fingerprint density at radius 1 is 1.36 bits per heavy atom. The molecule has 3 atom stereocenters. The van der Waals surface area contributed by atoms with E-state index < -0.39 is 18.1 Å². The molecular formula is C19H30N6O3. The van der Waals surface area contributed by atoms with Crippen LogP contribution in [0.25, 0.3) is 0 Å². The lowest BCUT2D eigenvalue weighted by atomic mass is 10.0. The molecule has 0 aliphatic carbocycles. The van der Waals surface area contributed by atoms with E-state index >= 15 is 0 Å². The fourth-order valence-corrected chi connectivity index (χ4v) is 3.93. The summed E-state index contributed by atoms with van der Waals surface area (Å²) in [5, 5.41) is 13.3. The van der Waals surface area contributed by atoms with E-state index in [4.69, 9.17) is 0 Å². The summed E-state index contributed by atoms with van der Waals surface area (Å²) in [7, 11) is 0. The van der Waals surface area contributed by atoms with Crippen molar-refractivity contribution in [2.75, 3.05) is 11.9 Å². The number of rotatable bonds is 4. The summed E-state index contributed by atoms with van der Waals surface area (Å²) in [5.74, 6) is -0.884. The molecule has 2 aliphatic heterocycles. The smallest absolute Gasteiger partial charge is 0.315 e. The number of nitrogens with zero attached hydrogens (tertiary/aromatic N) is 3. The second-order valence-electron chi connectivity index (χ2n) is 7.74. The maximum atomic E-state index is 12.6. The van der Waals surface area contributed by atoms with Gasteiger partial charge in [-0.15, -0.1) is 0 Å². The van der Waals surface area contributed by atoms with Gasteiger partial charge >= 0.3 is 11.8 Å². The summed E-state index contributed by atoms with van der Waals surface area (Å²) < 4.78 is 1.53. The van der Waals surface area contributed by atoms with Gasteiger partial charge in [-0.2, -0.15) is 5.10 Å². The van der Waals surface area contributed by atoms with Crippen LogP contribution < -0.4 is 16.0 Å². The van der Waals surface area contributed by atoms with Gasteiger partial charge in [0.15, 0.2) is 6.29 Å². The zero-order valence-electron chi connectivity index (χ0n) is 16.8. The van der Waals surface area contributed by atoms with E-state index in [2.05, 4.69) is 28.0 Å². The molecule has 3 amide bonds. The van der Waals surface area contributed by atoms with Gasteiger partial charge in [-0.25, -0.2) is 4.68 Å². The van der Waals surface area contributed by atoms with Crippen molar-refractivity contribution in [3.63, 3.8) is 0 Å². The van der Waals surface area contributed by atoms with Crippen molar-refractivity contribution in [3.05, 3.63) is 11.8 Å². The first kappa shape index (κ1) is 20.3. The molecular weight excluding hydrogens is 360 g/mol. The number of hydrogen-bond donors (Lipinski definition) is 3. The molecule has 154 valence electrons. The molecule has 0 aromatic carbocycles. The summed E-state index contributed by atoms with van der Waals surface area (Å²) in [6.45, 7) is 6.44. The normalized spacial score (nSPS) is 25.3. The molecule has 3 heterocycles. The molecule has 2 saturated heterocycles. The topological polar surface area (TPSA) is 108 Å². The van der Waals surface area contributed by atoms with Gasteiger partial charge in [0.05, 0.1) is 5.69 Å². The van der Waals surface area contributed by atoms with Crippen LogP contribution >= 0.6 is 0 Å². The van der Waals surface area contributed by atoms with Crippen LogP contribution in [0, 0.1) is 6.92 Å². The molecule has 3 N–H and O–H groups in total. The maximum absolute atomic E-state index is 12.6. The van der Waals surface area contributed by atoms with Gasteiger partial charge in [0.2, 0.25) is 5.91 Å². The molecule has 2 fully saturated rings. The molecule has 3 rings (SSSR count). The number of nitrogens with one attached hydrogen (secondary N) is 3. The molecule has 1 aromatic rings. The van der Waals surface area contributed by atoms with Gasteiger partial charge in [-0.05, 0) is 39.5 Å². The fraction of sp³-hybridized carbons (Fsp3) is 0.684. The van der Waals surface area contributed by atoms with Gasteiger partial charge in [0.1, 0.15) is 5.82 Å². The van der Waals surface area contributed by atoms with Crippen LogP contribution in [0.3, 0.4) is 0 Å². The molecule has 0 saturated carbocycles. The van der Waals surface area contributed by atoms with E-state index in [1.54, 1.807) is 17.9 Å². The van der Waals surface area contributed by atoms with Crippen LogP contribution in [0.5, 0.6) is 0 Å². The Morgan fingerprint density at radius 2 is 2.14 bits per heavy atom. The maximum Gasteiger partial charge on any atom is 0.315 e. The van der Waals surface area contributed by atoms with Gasteiger partial charge < -0.3 is 15.5 Å². The average molecular weight is 390 g/mol. The summed E-state index contributed by atoms with van der Waals surface area (Å²) in [6, 6.07) is 1.81. The van der Waals surface area contributed by atoms with Crippen LogP contribution in [0.1, 0.15) is 64.4 Å². The molecule has 0 bridgehead atoms. The SMILES string of the molecule is CCCC1CC(=O)NC(n2nc(C)cc2NC(=O)C(=O)N2CCCCC2C)N1. The van der Waals surface area contributed by atoms with E-state index in [0.717, 1.165) is 32.1 Å². The van der Waals surface area contributed by atoms with Crippen molar-refractivity contribution in [3.8, 4) is 0 Å². The van der Waals surface area contributed by atoms with Crippen molar-refractivity contribution < 1.29 is 14.4 Å². The molecule has 9 nitrogen and oxygen atoms in total. The second-order valence-corrected chi connectivity index (χ2v) is 7.74. The van der Waals surface area contributed by atoms with Gasteiger partial charge in [0, 0.05) is 31.1 Å². The molecule has 1 aromatic heterocycles. The third-order valence-corrected chi connectivity index (χ3v) is 5.36. The van der Waals surface area contributed by atoms with Crippen LogP contribution in [-0.2, 0) is 14.4 Å². The third kappa shape index (κ3) is 4.52. The minimum atomic E-state index is -0.679. The summed E-state index contributed by atoms with van der Waals surface area (Å²) in [4.78, 5) is 38.9. The Hall–Kier alpha value is -2.42. The van der Waals surface area contributed by atoms with Crippen molar-refractivity contribution in [2.45, 2.75) is 77.7 Å². The number of aryl methyl sites for hydroxylation is 1. The number of piperidine rings is 1. The summed E-state index contributed by atoms with van der Waals surface area (Å²) in [6.07, 6.45) is 4.58. The number of hydrogen-bond acceptors (Lipinski definition) is 5. The minimum Gasteiger partial charge on any atom is -0.332 e. The minimum absolute atomic E-state index is 0.0487. The van der Waals surface area contributed by atoms with Crippen LogP contribution in [0.4, 0.5) is 5.82 Å². The average Bonchev–Trinajstić information content (AvgIpc) is 3.01. The number of carbonyl (C=O) groups excluding carboxylic acids is 3. The first-order valence-corrected chi connectivity index (χ1v) is 10.1. The Balaban J connectivity index is 1.73. The first-order valence-electron chi connectivity index (χ1n) is 10.1. The third-order valence-electron chi connectivity index (χ3n) is 5.36. The van der Waals surface area contributed by atoms with Crippen LogP contribution in [0.15, 0.2) is 6.07 Å². The van der Waals surface area contributed by atoms with Gasteiger partial charge in [-0.1, -0.05) is 13.3 Å². The number of carbonyl (C=O) groups is 3. The highest BCUT2D eigenvalue weighted by molar-refractivity contribution is 6.39. The lowest BCUT2D eigenvalue weighted by molar-refractivity contribution is -0.145. The van der Waals surface area contributed by atoms with Crippen molar-refractivity contribution >= 4 is 23.5 Å². The van der Waals surface area contributed by atoms with Crippen molar-refractivity contribution in [1.82, 2.24) is 25.3 Å². The van der Waals surface area contributed by atoms with E-state index in [0.29, 0.717) is 24.5 Å². The molecule has 0 spiro atoms. The molecule has 9 heteroatoms. The predicted octanol–water partition coefficient (Wildman–Crippen LogP) is 1.27. The highest BCUT2D eigenvalue weighted by atomic mass is 16.2. The largest absolute Gasteiger partial charge is 0.332 e. The predicted molar refractivity (Wildman–Crippen MR) is 104 cm³/mol.